The zero-order valence-corrected chi connectivity index (χ0v) is 16.5. The summed E-state index contributed by atoms with van der Waals surface area (Å²) < 4.78 is 32.6. The van der Waals surface area contributed by atoms with Crippen LogP contribution < -0.4 is 21.1 Å². The molecule has 0 saturated heterocycles. The number of hydrogen-bond donors (Lipinski definition) is 3. The van der Waals surface area contributed by atoms with Gasteiger partial charge in [-0.25, -0.2) is 13.6 Å². The van der Waals surface area contributed by atoms with Gasteiger partial charge in [0.25, 0.3) is 0 Å². The van der Waals surface area contributed by atoms with Gasteiger partial charge in [0.2, 0.25) is 5.91 Å². The van der Waals surface area contributed by atoms with E-state index in [2.05, 4.69) is 10.6 Å². The van der Waals surface area contributed by atoms with Crippen molar-refractivity contribution < 1.29 is 23.1 Å². The summed E-state index contributed by atoms with van der Waals surface area (Å²) in [4.78, 5) is 23.6. The molecule has 0 aromatic heterocycles. The minimum Gasteiger partial charge on any atom is -0.457 e. The van der Waals surface area contributed by atoms with Gasteiger partial charge >= 0.3 is 6.03 Å². The number of primary amides is 1. The molecule has 4 N–H and O–H groups in total. The van der Waals surface area contributed by atoms with Gasteiger partial charge in [-0.3, -0.25) is 4.79 Å². The standard InChI is InChI=1S/C23H21F2N3O3/c24-16-7-11-18(12-8-16)31-17-9-5-15(6-10-17)14-27-22(29)13-21(28-23(26)30)19-3-1-2-4-20(19)25/h1-12,21H,13-14H2,(H,27,29)(H3,26,28,30)/t21-/m0/s1. The first-order chi connectivity index (χ1) is 14.9. The largest absolute Gasteiger partial charge is 0.457 e. The molecule has 0 unspecified atom stereocenters. The van der Waals surface area contributed by atoms with Crippen molar-refractivity contribution in [2.24, 2.45) is 5.73 Å². The maximum Gasteiger partial charge on any atom is 0.312 e. The van der Waals surface area contributed by atoms with Gasteiger partial charge in [-0.2, -0.15) is 0 Å². The van der Waals surface area contributed by atoms with Gasteiger partial charge in [-0.15, -0.1) is 0 Å². The fraction of sp³-hybridized carbons (Fsp3) is 0.130. The number of hydrogen-bond acceptors (Lipinski definition) is 3. The highest BCUT2D eigenvalue weighted by molar-refractivity contribution is 5.78. The van der Waals surface area contributed by atoms with E-state index >= 15 is 0 Å². The van der Waals surface area contributed by atoms with E-state index in [4.69, 9.17) is 10.5 Å². The predicted molar refractivity (Wildman–Crippen MR) is 111 cm³/mol. The van der Waals surface area contributed by atoms with Crippen LogP contribution in [-0.4, -0.2) is 11.9 Å². The van der Waals surface area contributed by atoms with Gasteiger partial charge in [-0.1, -0.05) is 30.3 Å². The number of nitrogens with one attached hydrogen (secondary N) is 2. The molecule has 3 rings (SSSR count). The maximum absolute atomic E-state index is 14.1. The van der Waals surface area contributed by atoms with Crippen LogP contribution in [0.2, 0.25) is 0 Å². The average molecular weight is 425 g/mol. The number of halogens is 2. The Morgan fingerprint density at radius 3 is 2.13 bits per heavy atom. The molecule has 8 heteroatoms. The first-order valence-corrected chi connectivity index (χ1v) is 9.50. The molecular weight excluding hydrogens is 404 g/mol. The Balaban J connectivity index is 1.56. The lowest BCUT2D eigenvalue weighted by molar-refractivity contribution is -0.121. The van der Waals surface area contributed by atoms with Crippen molar-refractivity contribution in [3.8, 4) is 11.5 Å². The SMILES string of the molecule is NC(=O)N[C@@H](CC(=O)NCc1ccc(Oc2ccc(F)cc2)cc1)c1ccccc1F. The van der Waals surface area contributed by atoms with E-state index < -0.39 is 17.9 Å². The number of carbonyl (C=O) groups is 2. The third-order valence-electron chi connectivity index (χ3n) is 4.45. The molecule has 0 saturated carbocycles. The van der Waals surface area contributed by atoms with Crippen molar-refractivity contribution in [1.29, 1.82) is 0 Å². The Morgan fingerprint density at radius 1 is 0.903 bits per heavy atom. The highest BCUT2D eigenvalue weighted by Gasteiger charge is 2.20. The van der Waals surface area contributed by atoms with E-state index in [0.717, 1.165) is 5.56 Å². The summed E-state index contributed by atoms with van der Waals surface area (Å²) >= 11 is 0. The molecule has 3 aromatic carbocycles. The highest BCUT2D eigenvalue weighted by atomic mass is 19.1. The monoisotopic (exact) mass is 425 g/mol. The molecule has 0 aliphatic rings. The molecule has 0 fully saturated rings. The lowest BCUT2D eigenvalue weighted by Crippen LogP contribution is -2.37. The van der Waals surface area contributed by atoms with Gasteiger partial charge in [0.05, 0.1) is 12.5 Å². The average Bonchev–Trinajstić information content (AvgIpc) is 2.74. The van der Waals surface area contributed by atoms with Crippen LogP contribution in [0, 0.1) is 11.6 Å². The molecular formula is C23H21F2N3O3. The zero-order chi connectivity index (χ0) is 22.2. The number of urea groups is 1. The van der Waals surface area contributed by atoms with Crippen LogP contribution in [0.4, 0.5) is 13.6 Å². The van der Waals surface area contributed by atoms with Crippen molar-refractivity contribution in [3.63, 3.8) is 0 Å². The number of amides is 3. The zero-order valence-electron chi connectivity index (χ0n) is 16.5. The second-order valence-corrected chi connectivity index (χ2v) is 6.76. The fourth-order valence-corrected chi connectivity index (χ4v) is 2.94. The minimum atomic E-state index is -0.884. The third-order valence-corrected chi connectivity index (χ3v) is 4.45. The molecule has 3 aromatic rings. The quantitative estimate of drug-likeness (QED) is 0.506. The molecule has 0 radical (unpaired) electrons. The van der Waals surface area contributed by atoms with Crippen LogP contribution in [0.15, 0.2) is 72.8 Å². The Labute approximate surface area is 178 Å². The van der Waals surface area contributed by atoms with E-state index in [1.807, 2.05) is 0 Å². The Morgan fingerprint density at radius 2 is 1.52 bits per heavy atom. The van der Waals surface area contributed by atoms with Crippen LogP contribution in [-0.2, 0) is 11.3 Å². The summed E-state index contributed by atoms with van der Waals surface area (Å²) in [6.45, 7) is 0.232. The lowest BCUT2D eigenvalue weighted by Gasteiger charge is -2.18. The van der Waals surface area contributed by atoms with E-state index in [9.17, 15) is 18.4 Å². The number of ether oxygens (including phenoxy) is 1. The summed E-state index contributed by atoms with van der Waals surface area (Å²) in [6.07, 6.45) is -0.171. The molecule has 0 aliphatic carbocycles. The minimum absolute atomic E-state index is 0.171. The Kier molecular flexibility index (Phi) is 7.16. The van der Waals surface area contributed by atoms with Gasteiger partial charge < -0.3 is 21.1 Å². The Bertz CT molecular complexity index is 1040. The van der Waals surface area contributed by atoms with Crippen LogP contribution >= 0.6 is 0 Å². The first kappa shape index (κ1) is 21.8. The van der Waals surface area contributed by atoms with Crippen LogP contribution in [0.1, 0.15) is 23.6 Å². The normalized spacial score (nSPS) is 11.4. The predicted octanol–water partition coefficient (Wildman–Crippen LogP) is 4.17. The summed E-state index contributed by atoms with van der Waals surface area (Å²) in [6, 6.07) is 16.8. The molecule has 0 heterocycles. The molecule has 3 amide bonds. The van der Waals surface area contributed by atoms with Crippen molar-refractivity contribution in [3.05, 3.63) is 95.6 Å². The molecule has 0 spiro atoms. The molecule has 31 heavy (non-hydrogen) atoms. The second kappa shape index (κ2) is 10.2. The molecule has 0 aliphatic heterocycles. The third kappa shape index (κ3) is 6.53. The van der Waals surface area contributed by atoms with Gasteiger partial charge in [0.1, 0.15) is 23.1 Å². The second-order valence-electron chi connectivity index (χ2n) is 6.76. The molecule has 0 bridgehead atoms. The number of carbonyl (C=O) groups excluding carboxylic acids is 2. The smallest absolute Gasteiger partial charge is 0.312 e. The summed E-state index contributed by atoms with van der Waals surface area (Å²) in [7, 11) is 0. The number of nitrogens with two attached hydrogens (primary N) is 1. The fourth-order valence-electron chi connectivity index (χ4n) is 2.94. The van der Waals surface area contributed by atoms with E-state index in [-0.39, 0.29) is 30.3 Å². The first-order valence-electron chi connectivity index (χ1n) is 9.50. The molecule has 160 valence electrons. The van der Waals surface area contributed by atoms with Gasteiger partial charge in [0, 0.05) is 12.1 Å². The topological polar surface area (TPSA) is 93.5 Å². The molecule has 6 nitrogen and oxygen atoms in total. The summed E-state index contributed by atoms with van der Waals surface area (Å²) in [5.74, 6) is -0.198. The van der Waals surface area contributed by atoms with Crippen molar-refractivity contribution >= 4 is 11.9 Å². The summed E-state index contributed by atoms with van der Waals surface area (Å²) in [5.41, 5.74) is 6.15. The molecule has 1 atom stereocenters. The lowest BCUT2D eigenvalue weighted by atomic mass is 10.0. The number of rotatable bonds is 8. The van der Waals surface area contributed by atoms with E-state index in [0.29, 0.717) is 11.5 Å². The maximum atomic E-state index is 14.1. The van der Waals surface area contributed by atoms with Gasteiger partial charge in [-0.05, 0) is 48.0 Å². The highest BCUT2D eigenvalue weighted by Crippen LogP contribution is 2.22. The van der Waals surface area contributed by atoms with Crippen molar-refractivity contribution in [2.45, 2.75) is 19.0 Å². The van der Waals surface area contributed by atoms with Crippen LogP contribution in [0.5, 0.6) is 11.5 Å². The van der Waals surface area contributed by atoms with E-state index in [1.165, 1.54) is 42.5 Å². The van der Waals surface area contributed by atoms with Crippen molar-refractivity contribution in [1.82, 2.24) is 10.6 Å². The van der Waals surface area contributed by atoms with E-state index in [1.54, 1.807) is 30.3 Å². The Hall–Kier alpha value is -3.94. The number of benzene rings is 3. The van der Waals surface area contributed by atoms with Crippen molar-refractivity contribution in [2.75, 3.05) is 0 Å². The van der Waals surface area contributed by atoms with Gasteiger partial charge in [0.15, 0.2) is 0 Å². The van der Waals surface area contributed by atoms with Crippen LogP contribution in [0.25, 0.3) is 0 Å². The van der Waals surface area contributed by atoms with Crippen LogP contribution in [0.3, 0.4) is 0 Å². The summed E-state index contributed by atoms with van der Waals surface area (Å²) in [5, 5.41) is 5.13.